The van der Waals surface area contributed by atoms with Gasteiger partial charge in [0.05, 0.1) is 9.88 Å². The summed E-state index contributed by atoms with van der Waals surface area (Å²) >= 11 is 1.70. The molecule has 0 radical (unpaired) electrons. The fourth-order valence-electron chi connectivity index (χ4n) is 3.66. The highest BCUT2D eigenvalue weighted by molar-refractivity contribution is 7.15. The lowest BCUT2D eigenvalue weighted by molar-refractivity contribution is -0.0125. The number of likely N-dealkylation sites (tertiary alicyclic amines) is 1. The van der Waals surface area contributed by atoms with Crippen molar-refractivity contribution < 1.29 is 14.2 Å². The van der Waals surface area contributed by atoms with E-state index in [1.807, 2.05) is 18.3 Å². The molecule has 0 bridgehead atoms. The molecule has 1 aliphatic rings. The lowest BCUT2D eigenvalue weighted by Crippen LogP contribution is -2.29. The third kappa shape index (κ3) is 6.29. The maximum absolute atomic E-state index is 13.2. The van der Waals surface area contributed by atoms with Crippen LogP contribution in [-0.4, -0.2) is 46.0 Å². The van der Waals surface area contributed by atoms with Gasteiger partial charge in [0.2, 0.25) is 0 Å². The number of aliphatic hydroxyl groups is 1. The molecule has 3 N–H and O–H groups in total. The van der Waals surface area contributed by atoms with E-state index in [9.17, 15) is 4.39 Å². The lowest BCUT2D eigenvalue weighted by Gasteiger charge is -2.27. The molecule has 1 unspecified atom stereocenters. The number of nitrogens with two attached hydrogens (primary N) is 1. The van der Waals surface area contributed by atoms with Gasteiger partial charge < -0.3 is 20.5 Å². The van der Waals surface area contributed by atoms with E-state index < -0.39 is 5.85 Å². The minimum absolute atomic E-state index is 0.250. The Morgan fingerprint density at radius 2 is 2.06 bits per heavy atom. The van der Waals surface area contributed by atoms with Crippen molar-refractivity contribution in [3.8, 4) is 28.0 Å². The molecule has 1 atom stereocenters. The molecule has 33 heavy (non-hydrogen) atoms. The second kappa shape index (κ2) is 9.87. The zero-order chi connectivity index (χ0) is 23.4. The number of hydrogen-bond acceptors (Lipinski definition) is 7. The van der Waals surface area contributed by atoms with Gasteiger partial charge in [0.15, 0.2) is 11.6 Å². The van der Waals surface area contributed by atoms with E-state index in [4.69, 9.17) is 15.6 Å². The predicted molar refractivity (Wildman–Crippen MR) is 129 cm³/mol. The molecule has 4 rings (SSSR count). The molecule has 0 amide bonds. The van der Waals surface area contributed by atoms with Gasteiger partial charge in [-0.05, 0) is 62.7 Å². The van der Waals surface area contributed by atoms with Crippen LogP contribution in [0.1, 0.15) is 41.8 Å². The van der Waals surface area contributed by atoms with Crippen LogP contribution in [0.2, 0.25) is 0 Å². The monoisotopic (exact) mass is 466 g/mol. The van der Waals surface area contributed by atoms with E-state index in [1.165, 1.54) is 5.01 Å². The first-order valence-electron chi connectivity index (χ1n) is 10.8. The van der Waals surface area contributed by atoms with Crippen molar-refractivity contribution in [2.24, 2.45) is 0 Å². The van der Waals surface area contributed by atoms with E-state index in [0.717, 1.165) is 48.9 Å². The highest BCUT2D eigenvalue weighted by Gasteiger charge is 2.21. The molecule has 0 spiro atoms. The molecule has 1 saturated heterocycles. The zero-order valence-corrected chi connectivity index (χ0v) is 19.5. The summed E-state index contributed by atoms with van der Waals surface area (Å²) in [5.41, 5.74) is 8.39. The van der Waals surface area contributed by atoms with E-state index in [0.29, 0.717) is 23.0 Å². The normalized spacial score (nSPS) is 16.6. The Labute approximate surface area is 197 Å². The lowest BCUT2D eigenvalue weighted by atomic mass is 9.98. The quantitative estimate of drug-likeness (QED) is 0.548. The first kappa shape index (κ1) is 23.2. The number of rotatable bonds is 5. The highest BCUT2D eigenvalue weighted by atomic mass is 32.1. The number of benzene rings is 1. The Bertz CT molecular complexity index is 1170. The van der Waals surface area contributed by atoms with Crippen LogP contribution < -0.4 is 10.5 Å². The molecule has 1 fully saturated rings. The minimum Gasteiger partial charge on any atom is -0.485 e. The summed E-state index contributed by atoms with van der Waals surface area (Å²) in [4.78, 5) is 12.4. The van der Waals surface area contributed by atoms with Gasteiger partial charge >= 0.3 is 0 Å². The Morgan fingerprint density at radius 3 is 2.82 bits per heavy atom. The van der Waals surface area contributed by atoms with Gasteiger partial charge in [-0.1, -0.05) is 18.1 Å². The molecule has 2 aromatic heterocycles. The zero-order valence-electron chi connectivity index (χ0n) is 18.7. The van der Waals surface area contributed by atoms with Gasteiger partial charge in [0.1, 0.15) is 6.61 Å². The molecule has 172 valence electrons. The molecule has 3 aromatic rings. The number of pyridine rings is 1. The van der Waals surface area contributed by atoms with E-state index >= 15 is 0 Å². The Balaban J connectivity index is 1.46. The Kier molecular flexibility index (Phi) is 6.94. The molecule has 0 saturated carbocycles. The van der Waals surface area contributed by atoms with Crippen molar-refractivity contribution in [1.29, 1.82) is 0 Å². The second-order valence-electron chi connectivity index (χ2n) is 8.44. The number of halogens is 1. The number of piperidine rings is 1. The van der Waals surface area contributed by atoms with Crippen molar-refractivity contribution in [3.05, 3.63) is 58.9 Å². The highest BCUT2D eigenvalue weighted by Crippen LogP contribution is 2.36. The van der Waals surface area contributed by atoms with Crippen LogP contribution in [0.15, 0.2) is 42.7 Å². The number of ether oxygens (including phenoxy) is 1. The SMILES string of the molecule is CN1CCC(c2ncc(-c3cnc(N)c(OCc4cccc(C#CC(C)(O)F)c4)c3)s2)CC1. The number of anilines is 1. The van der Waals surface area contributed by atoms with E-state index in [1.54, 1.807) is 35.7 Å². The standard InChI is InChI=1S/C25H27FN4O2S/c1-25(26,31)9-6-17-4-3-5-18(12-17)16-32-21-13-20(14-28-23(21)27)22-15-29-24(33-22)19-7-10-30(2)11-8-19/h3-5,12-15,19,31H,7-8,10-11,16H2,1-2H3,(H2,27,28). The van der Waals surface area contributed by atoms with Crippen LogP contribution in [0.25, 0.3) is 10.4 Å². The van der Waals surface area contributed by atoms with Crippen LogP contribution >= 0.6 is 11.3 Å². The molecular formula is C25H27FN4O2S. The summed E-state index contributed by atoms with van der Waals surface area (Å²) in [6.45, 7) is 3.44. The van der Waals surface area contributed by atoms with E-state index in [2.05, 4.69) is 33.8 Å². The summed E-state index contributed by atoms with van der Waals surface area (Å²) in [5, 5.41) is 10.3. The first-order valence-corrected chi connectivity index (χ1v) is 11.6. The Morgan fingerprint density at radius 1 is 1.27 bits per heavy atom. The van der Waals surface area contributed by atoms with Crippen molar-refractivity contribution in [3.63, 3.8) is 0 Å². The van der Waals surface area contributed by atoms with Gasteiger partial charge in [-0.3, -0.25) is 0 Å². The number of nitrogen functional groups attached to an aromatic ring is 1. The molecule has 1 aliphatic heterocycles. The van der Waals surface area contributed by atoms with Crippen molar-refractivity contribution >= 4 is 17.2 Å². The molecule has 3 heterocycles. The largest absolute Gasteiger partial charge is 0.485 e. The fraction of sp³-hybridized carbons (Fsp3) is 0.360. The molecule has 6 nitrogen and oxygen atoms in total. The molecule has 1 aromatic carbocycles. The third-order valence-corrected chi connectivity index (χ3v) is 6.72. The summed E-state index contributed by atoms with van der Waals surface area (Å²) in [6, 6.07) is 9.09. The van der Waals surface area contributed by atoms with Crippen molar-refractivity contribution in [2.75, 3.05) is 25.9 Å². The summed E-state index contributed by atoms with van der Waals surface area (Å²) in [7, 11) is 2.16. The third-order valence-electron chi connectivity index (χ3n) is 5.51. The van der Waals surface area contributed by atoms with Crippen LogP contribution in [-0.2, 0) is 6.61 Å². The van der Waals surface area contributed by atoms with Gasteiger partial charge in [-0.25, -0.2) is 9.97 Å². The number of thiazole rings is 1. The van der Waals surface area contributed by atoms with Gasteiger partial charge in [-0.2, -0.15) is 4.39 Å². The molecule has 0 aliphatic carbocycles. The fourth-order valence-corrected chi connectivity index (χ4v) is 4.73. The predicted octanol–water partition coefficient (Wildman–Crippen LogP) is 4.21. The Hall–Kier alpha value is -2.99. The topological polar surface area (TPSA) is 84.5 Å². The van der Waals surface area contributed by atoms with Crippen LogP contribution in [0.5, 0.6) is 5.75 Å². The number of hydrogen-bond donors (Lipinski definition) is 2. The van der Waals surface area contributed by atoms with Crippen molar-refractivity contribution in [2.45, 2.75) is 38.1 Å². The minimum atomic E-state index is -2.53. The average molecular weight is 467 g/mol. The van der Waals surface area contributed by atoms with E-state index in [-0.39, 0.29) is 6.61 Å². The molecule has 8 heteroatoms. The van der Waals surface area contributed by atoms with Gasteiger partial charge in [0.25, 0.3) is 5.85 Å². The summed E-state index contributed by atoms with van der Waals surface area (Å²) in [5.74, 6) is 3.56. The summed E-state index contributed by atoms with van der Waals surface area (Å²) in [6.07, 6.45) is 5.90. The summed E-state index contributed by atoms with van der Waals surface area (Å²) < 4.78 is 19.2. The number of alkyl halides is 1. The van der Waals surface area contributed by atoms with Crippen molar-refractivity contribution in [1.82, 2.24) is 14.9 Å². The maximum Gasteiger partial charge on any atom is 0.267 e. The number of aromatic nitrogens is 2. The van der Waals surface area contributed by atoms with Gasteiger partial charge in [-0.15, -0.1) is 11.3 Å². The maximum atomic E-state index is 13.2. The number of nitrogens with zero attached hydrogens (tertiary/aromatic N) is 3. The smallest absolute Gasteiger partial charge is 0.267 e. The average Bonchev–Trinajstić information content (AvgIpc) is 3.28. The van der Waals surface area contributed by atoms with Crippen LogP contribution in [0.4, 0.5) is 10.2 Å². The molecular weight excluding hydrogens is 439 g/mol. The van der Waals surface area contributed by atoms with Crippen LogP contribution in [0, 0.1) is 11.8 Å². The first-order chi connectivity index (χ1) is 15.8. The van der Waals surface area contributed by atoms with Crippen LogP contribution in [0.3, 0.4) is 0 Å². The van der Waals surface area contributed by atoms with Gasteiger partial charge in [0, 0.05) is 36.4 Å². The second-order valence-corrected chi connectivity index (χ2v) is 9.50.